The molecule has 0 heterocycles. The summed E-state index contributed by atoms with van der Waals surface area (Å²) in [5.74, 6) is -0.555. The normalized spacial score (nSPS) is 9.68. The van der Waals surface area contributed by atoms with Gasteiger partial charge in [0.05, 0.1) is 25.2 Å². The third-order valence-corrected chi connectivity index (χ3v) is 2.97. The summed E-state index contributed by atoms with van der Waals surface area (Å²) in [6.07, 6.45) is -0.111. The first-order chi connectivity index (χ1) is 10.5. The number of hydrogen-bond acceptors (Lipinski definition) is 5. The largest absolute Gasteiger partial charge is 0.493 e. The van der Waals surface area contributed by atoms with Crippen LogP contribution in [0, 0.1) is 11.3 Å². The van der Waals surface area contributed by atoms with E-state index in [1.807, 2.05) is 6.07 Å². The molecule has 1 rings (SSSR count). The van der Waals surface area contributed by atoms with Gasteiger partial charge in [0.25, 0.3) is 5.91 Å². The van der Waals surface area contributed by atoms with E-state index in [1.54, 1.807) is 19.1 Å². The van der Waals surface area contributed by atoms with E-state index in [4.69, 9.17) is 19.8 Å². The predicted molar refractivity (Wildman–Crippen MR) is 77.7 cm³/mol. The molecule has 0 aliphatic rings. The van der Waals surface area contributed by atoms with Crippen molar-refractivity contribution in [3.05, 3.63) is 23.8 Å². The number of ether oxygens (including phenoxy) is 2. The first-order valence-corrected chi connectivity index (χ1v) is 6.72. The van der Waals surface area contributed by atoms with E-state index < -0.39 is 5.97 Å². The molecule has 22 heavy (non-hydrogen) atoms. The second kappa shape index (κ2) is 8.52. The van der Waals surface area contributed by atoms with Crippen LogP contribution in [0.1, 0.15) is 18.9 Å². The Hall–Kier alpha value is -2.75. The Morgan fingerprint density at radius 3 is 2.64 bits per heavy atom. The molecule has 0 saturated carbocycles. The molecular formula is C15H18N2O5. The van der Waals surface area contributed by atoms with Gasteiger partial charge in [0.15, 0.2) is 18.1 Å². The van der Waals surface area contributed by atoms with Crippen LogP contribution in [0.25, 0.3) is 0 Å². The average molecular weight is 306 g/mol. The van der Waals surface area contributed by atoms with E-state index in [-0.39, 0.29) is 25.5 Å². The number of rotatable bonds is 8. The van der Waals surface area contributed by atoms with Crippen molar-refractivity contribution in [1.82, 2.24) is 4.90 Å². The minimum absolute atomic E-state index is 0.111. The lowest BCUT2D eigenvalue weighted by Gasteiger charge is -2.20. The van der Waals surface area contributed by atoms with Crippen LogP contribution in [0.2, 0.25) is 0 Å². The molecule has 0 radical (unpaired) electrons. The molecule has 0 saturated heterocycles. The minimum atomic E-state index is -0.957. The molecule has 0 aliphatic carbocycles. The van der Waals surface area contributed by atoms with Crippen LogP contribution >= 0.6 is 0 Å². The Bertz CT molecular complexity index is 580. The van der Waals surface area contributed by atoms with E-state index in [0.29, 0.717) is 23.6 Å². The maximum atomic E-state index is 12.0. The lowest BCUT2D eigenvalue weighted by atomic mass is 10.2. The molecule has 1 aromatic rings. The molecule has 1 N–H and O–H groups in total. The van der Waals surface area contributed by atoms with Gasteiger partial charge in [-0.2, -0.15) is 5.26 Å². The predicted octanol–water partition coefficient (Wildman–Crippen LogP) is 1.27. The Kier molecular flexibility index (Phi) is 6.70. The van der Waals surface area contributed by atoms with Gasteiger partial charge in [0.1, 0.15) is 0 Å². The number of nitriles is 1. The van der Waals surface area contributed by atoms with Crippen molar-refractivity contribution in [3.63, 3.8) is 0 Å². The number of carbonyl (C=O) groups excluding carboxylic acids is 1. The number of likely N-dealkylation sites (N-methyl/N-ethyl adjacent to an activating group) is 1. The standard InChI is InChI=1S/C15H18N2O5/c1-3-17(7-6-15(19)20)14(18)10-22-12-5-4-11(9-16)8-13(12)21-2/h4-5,8H,3,6-7,10H2,1-2H3,(H,19,20). The van der Waals surface area contributed by atoms with Crippen LogP contribution in [0.15, 0.2) is 18.2 Å². The number of benzene rings is 1. The van der Waals surface area contributed by atoms with Crippen molar-refractivity contribution in [1.29, 1.82) is 5.26 Å². The van der Waals surface area contributed by atoms with E-state index >= 15 is 0 Å². The monoisotopic (exact) mass is 306 g/mol. The van der Waals surface area contributed by atoms with Crippen molar-refractivity contribution in [2.75, 3.05) is 26.8 Å². The maximum absolute atomic E-state index is 12.0. The van der Waals surface area contributed by atoms with Gasteiger partial charge in [-0.1, -0.05) is 0 Å². The second-order valence-corrected chi connectivity index (χ2v) is 4.38. The van der Waals surface area contributed by atoms with Crippen molar-refractivity contribution in [3.8, 4) is 17.6 Å². The van der Waals surface area contributed by atoms with Crippen LogP contribution in [-0.4, -0.2) is 48.7 Å². The number of aliphatic carboxylic acids is 1. The summed E-state index contributed by atoms with van der Waals surface area (Å²) in [6.45, 7) is 2.08. The van der Waals surface area contributed by atoms with Crippen molar-refractivity contribution in [2.24, 2.45) is 0 Å². The van der Waals surface area contributed by atoms with Crippen LogP contribution in [0.4, 0.5) is 0 Å². The molecule has 0 atom stereocenters. The van der Waals surface area contributed by atoms with Gasteiger partial charge in [-0.25, -0.2) is 0 Å². The highest BCUT2D eigenvalue weighted by Crippen LogP contribution is 2.27. The first kappa shape index (κ1) is 17.3. The third-order valence-electron chi connectivity index (χ3n) is 2.97. The molecule has 0 unspecified atom stereocenters. The highest BCUT2D eigenvalue weighted by Gasteiger charge is 2.15. The molecular weight excluding hydrogens is 288 g/mol. The van der Waals surface area contributed by atoms with E-state index in [1.165, 1.54) is 18.1 Å². The lowest BCUT2D eigenvalue weighted by molar-refractivity contribution is -0.139. The van der Waals surface area contributed by atoms with Gasteiger partial charge in [-0.15, -0.1) is 0 Å². The van der Waals surface area contributed by atoms with E-state index in [9.17, 15) is 9.59 Å². The zero-order valence-electron chi connectivity index (χ0n) is 12.5. The summed E-state index contributed by atoms with van der Waals surface area (Å²) in [5, 5.41) is 17.5. The molecule has 7 nitrogen and oxygen atoms in total. The van der Waals surface area contributed by atoms with Crippen LogP contribution in [-0.2, 0) is 9.59 Å². The summed E-state index contributed by atoms with van der Waals surface area (Å²) < 4.78 is 10.5. The van der Waals surface area contributed by atoms with Gasteiger partial charge in [0.2, 0.25) is 0 Å². The number of nitrogens with zero attached hydrogens (tertiary/aromatic N) is 2. The van der Waals surface area contributed by atoms with Crippen molar-refractivity contribution >= 4 is 11.9 Å². The van der Waals surface area contributed by atoms with Gasteiger partial charge < -0.3 is 19.5 Å². The zero-order chi connectivity index (χ0) is 16.5. The van der Waals surface area contributed by atoms with Gasteiger partial charge in [-0.05, 0) is 19.1 Å². The number of carbonyl (C=O) groups is 2. The fourth-order valence-electron chi connectivity index (χ4n) is 1.78. The Morgan fingerprint density at radius 2 is 2.09 bits per heavy atom. The highest BCUT2D eigenvalue weighted by atomic mass is 16.5. The number of carboxylic acids is 1. The molecule has 118 valence electrons. The second-order valence-electron chi connectivity index (χ2n) is 4.38. The topological polar surface area (TPSA) is 99.9 Å². The summed E-state index contributed by atoms with van der Waals surface area (Å²) in [4.78, 5) is 24.0. The van der Waals surface area contributed by atoms with Gasteiger partial charge in [0, 0.05) is 19.2 Å². The molecule has 0 spiro atoms. The van der Waals surface area contributed by atoms with E-state index in [0.717, 1.165) is 0 Å². The fourth-order valence-corrected chi connectivity index (χ4v) is 1.78. The number of hydrogen-bond donors (Lipinski definition) is 1. The lowest BCUT2D eigenvalue weighted by Crippen LogP contribution is -2.36. The Morgan fingerprint density at radius 1 is 1.36 bits per heavy atom. The maximum Gasteiger partial charge on any atom is 0.305 e. The summed E-state index contributed by atoms with van der Waals surface area (Å²) in [7, 11) is 1.44. The fraction of sp³-hybridized carbons (Fsp3) is 0.400. The SMILES string of the molecule is CCN(CCC(=O)O)C(=O)COc1ccc(C#N)cc1OC. The number of amides is 1. The third kappa shape index (κ3) is 4.98. The highest BCUT2D eigenvalue weighted by molar-refractivity contribution is 5.78. The van der Waals surface area contributed by atoms with Crippen LogP contribution in [0.5, 0.6) is 11.5 Å². The molecule has 0 fully saturated rings. The molecule has 1 aromatic carbocycles. The Balaban J connectivity index is 2.66. The van der Waals surface area contributed by atoms with Crippen LogP contribution in [0.3, 0.4) is 0 Å². The van der Waals surface area contributed by atoms with Crippen molar-refractivity contribution < 1.29 is 24.2 Å². The first-order valence-electron chi connectivity index (χ1n) is 6.72. The molecule has 1 amide bonds. The summed E-state index contributed by atoms with van der Waals surface area (Å²) in [6, 6.07) is 6.61. The number of carboxylic acid groups (broad SMARTS) is 1. The molecule has 0 bridgehead atoms. The average Bonchev–Trinajstić information content (AvgIpc) is 2.52. The summed E-state index contributed by atoms with van der Waals surface area (Å²) >= 11 is 0. The summed E-state index contributed by atoms with van der Waals surface area (Å²) in [5.41, 5.74) is 0.423. The minimum Gasteiger partial charge on any atom is -0.493 e. The molecule has 0 aromatic heterocycles. The Labute approximate surface area is 128 Å². The number of methoxy groups -OCH3 is 1. The smallest absolute Gasteiger partial charge is 0.305 e. The quantitative estimate of drug-likeness (QED) is 0.776. The van der Waals surface area contributed by atoms with Crippen LogP contribution < -0.4 is 9.47 Å². The van der Waals surface area contributed by atoms with Gasteiger partial charge >= 0.3 is 5.97 Å². The molecule has 7 heteroatoms. The van der Waals surface area contributed by atoms with Gasteiger partial charge in [-0.3, -0.25) is 9.59 Å². The van der Waals surface area contributed by atoms with Crippen molar-refractivity contribution in [2.45, 2.75) is 13.3 Å². The zero-order valence-corrected chi connectivity index (χ0v) is 12.5. The van der Waals surface area contributed by atoms with E-state index in [2.05, 4.69) is 0 Å². The molecule has 0 aliphatic heterocycles.